The zero-order valence-electron chi connectivity index (χ0n) is 10.9. The minimum absolute atomic E-state index is 0.431. The van der Waals surface area contributed by atoms with Gasteiger partial charge >= 0.3 is 0 Å². The molecule has 1 N–H and O–H groups in total. The Bertz CT molecular complexity index is 513. The minimum atomic E-state index is 0.431. The van der Waals surface area contributed by atoms with Crippen LogP contribution in [0.3, 0.4) is 0 Å². The van der Waals surface area contributed by atoms with Gasteiger partial charge in [-0.25, -0.2) is 0 Å². The molecule has 17 heavy (non-hydrogen) atoms. The normalized spacial score (nSPS) is 12.7. The fraction of sp³-hybridized carbons (Fsp3) is 0.333. The van der Waals surface area contributed by atoms with E-state index < -0.39 is 0 Å². The highest BCUT2D eigenvalue weighted by atomic mass is 32.1. The van der Waals surface area contributed by atoms with Crippen LogP contribution < -0.4 is 5.32 Å². The molecule has 1 unspecified atom stereocenters. The summed E-state index contributed by atoms with van der Waals surface area (Å²) in [4.78, 5) is 2.74. The maximum absolute atomic E-state index is 3.28. The molecule has 1 atom stereocenters. The molecule has 0 aliphatic heterocycles. The molecular weight excluding hydrogens is 226 g/mol. The SMILES string of the molecule is CNC(C)c1ccc(-c2ccc(C)c(C)c2)s1. The summed E-state index contributed by atoms with van der Waals surface area (Å²) in [6.45, 7) is 6.52. The summed E-state index contributed by atoms with van der Waals surface area (Å²) in [5.74, 6) is 0. The Morgan fingerprint density at radius 3 is 2.47 bits per heavy atom. The molecule has 1 aromatic heterocycles. The number of aryl methyl sites for hydroxylation is 2. The second-order valence-electron chi connectivity index (χ2n) is 4.51. The molecule has 1 nitrogen and oxygen atoms in total. The summed E-state index contributed by atoms with van der Waals surface area (Å²) in [6.07, 6.45) is 0. The van der Waals surface area contributed by atoms with E-state index in [1.807, 2.05) is 18.4 Å². The van der Waals surface area contributed by atoms with E-state index in [0.717, 1.165) is 0 Å². The lowest BCUT2D eigenvalue weighted by Crippen LogP contribution is -2.10. The minimum Gasteiger partial charge on any atom is -0.313 e. The van der Waals surface area contributed by atoms with Crippen molar-refractivity contribution in [3.63, 3.8) is 0 Å². The first-order valence-corrected chi connectivity index (χ1v) is 6.78. The van der Waals surface area contributed by atoms with E-state index in [0.29, 0.717) is 6.04 Å². The van der Waals surface area contributed by atoms with Gasteiger partial charge in [0.15, 0.2) is 0 Å². The van der Waals surface area contributed by atoms with Crippen LogP contribution in [0.4, 0.5) is 0 Å². The van der Waals surface area contributed by atoms with Gasteiger partial charge in [0.1, 0.15) is 0 Å². The van der Waals surface area contributed by atoms with E-state index in [1.54, 1.807) is 0 Å². The van der Waals surface area contributed by atoms with Crippen molar-refractivity contribution in [2.75, 3.05) is 7.05 Å². The van der Waals surface area contributed by atoms with Crippen molar-refractivity contribution in [1.29, 1.82) is 0 Å². The fourth-order valence-electron chi connectivity index (χ4n) is 1.78. The molecule has 2 aromatic rings. The molecule has 0 saturated carbocycles. The zero-order valence-corrected chi connectivity index (χ0v) is 11.7. The van der Waals surface area contributed by atoms with Crippen molar-refractivity contribution in [2.24, 2.45) is 0 Å². The average molecular weight is 245 g/mol. The molecule has 90 valence electrons. The lowest BCUT2D eigenvalue weighted by atomic mass is 10.1. The van der Waals surface area contributed by atoms with E-state index in [4.69, 9.17) is 0 Å². The van der Waals surface area contributed by atoms with E-state index >= 15 is 0 Å². The molecule has 0 bridgehead atoms. The van der Waals surface area contributed by atoms with Gasteiger partial charge in [0, 0.05) is 15.8 Å². The Hall–Kier alpha value is -1.12. The standard InChI is InChI=1S/C15H19NS/c1-10-5-6-13(9-11(10)2)15-8-7-14(17-15)12(3)16-4/h5-9,12,16H,1-4H3. The van der Waals surface area contributed by atoms with Gasteiger partial charge in [0.2, 0.25) is 0 Å². The second-order valence-corrected chi connectivity index (χ2v) is 5.63. The van der Waals surface area contributed by atoms with Crippen LogP contribution in [0.2, 0.25) is 0 Å². The van der Waals surface area contributed by atoms with Crippen LogP contribution in [0.15, 0.2) is 30.3 Å². The summed E-state index contributed by atoms with van der Waals surface area (Å²) in [6, 6.07) is 11.6. The Labute approximate surface area is 108 Å². The van der Waals surface area contributed by atoms with Crippen molar-refractivity contribution in [3.8, 4) is 10.4 Å². The quantitative estimate of drug-likeness (QED) is 0.849. The van der Waals surface area contributed by atoms with Crippen LogP contribution in [-0.2, 0) is 0 Å². The molecule has 0 fully saturated rings. The van der Waals surface area contributed by atoms with Crippen LogP contribution in [0.25, 0.3) is 10.4 Å². The Balaban J connectivity index is 2.33. The van der Waals surface area contributed by atoms with Gasteiger partial charge in [-0.05, 0) is 56.6 Å². The predicted molar refractivity (Wildman–Crippen MR) is 76.7 cm³/mol. The maximum atomic E-state index is 3.28. The smallest absolute Gasteiger partial charge is 0.0383 e. The number of hydrogen-bond acceptors (Lipinski definition) is 2. The zero-order chi connectivity index (χ0) is 12.4. The van der Waals surface area contributed by atoms with Gasteiger partial charge in [-0.15, -0.1) is 11.3 Å². The van der Waals surface area contributed by atoms with E-state index in [9.17, 15) is 0 Å². The monoisotopic (exact) mass is 245 g/mol. The molecule has 1 aromatic carbocycles. The molecule has 2 heteroatoms. The van der Waals surface area contributed by atoms with Gasteiger partial charge in [-0.3, -0.25) is 0 Å². The molecule has 0 radical (unpaired) electrons. The van der Waals surface area contributed by atoms with Crippen molar-refractivity contribution < 1.29 is 0 Å². The Kier molecular flexibility index (Phi) is 3.65. The van der Waals surface area contributed by atoms with Crippen LogP contribution in [0.1, 0.15) is 29.0 Å². The van der Waals surface area contributed by atoms with Gasteiger partial charge in [-0.2, -0.15) is 0 Å². The summed E-state index contributed by atoms with van der Waals surface area (Å²) >= 11 is 1.87. The summed E-state index contributed by atoms with van der Waals surface area (Å²) in [7, 11) is 2.00. The molecule has 0 aliphatic carbocycles. The lowest BCUT2D eigenvalue weighted by molar-refractivity contribution is 0.664. The number of rotatable bonds is 3. The number of thiophene rings is 1. The lowest BCUT2D eigenvalue weighted by Gasteiger charge is -2.06. The molecular formula is C15H19NS. The topological polar surface area (TPSA) is 12.0 Å². The number of hydrogen-bond donors (Lipinski definition) is 1. The van der Waals surface area contributed by atoms with E-state index in [1.165, 1.54) is 26.4 Å². The highest BCUT2D eigenvalue weighted by Crippen LogP contribution is 2.32. The van der Waals surface area contributed by atoms with Crippen molar-refractivity contribution in [3.05, 3.63) is 46.3 Å². The van der Waals surface area contributed by atoms with Gasteiger partial charge in [0.05, 0.1) is 0 Å². The third-order valence-electron chi connectivity index (χ3n) is 3.28. The van der Waals surface area contributed by atoms with Crippen molar-refractivity contribution in [2.45, 2.75) is 26.8 Å². The summed E-state index contributed by atoms with van der Waals surface area (Å²) in [5.41, 5.74) is 4.04. The average Bonchev–Trinajstić information content (AvgIpc) is 2.81. The van der Waals surface area contributed by atoms with E-state index in [-0.39, 0.29) is 0 Å². The Morgan fingerprint density at radius 1 is 1.06 bits per heavy atom. The maximum Gasteiger partial charge on any atom is 0.0383 e. The summed E-state index contributed by atoms with van der Waals surface area (Å²) < 4.78 is 0. The van der Waals surface area contributed by atoms with Crippen molar-refractivity contribution >= 4 is 11.3 Å². The van der Waals surface area contributed by atoms with E-state index in [2.05, 4.69) is 56.4 Å². The highest BCUT2D eigenvalue weighted by molar-refractivity contribution is 7.15. The molecule has 2 rings (SSSR count). The first-order chi connectivity index (χ1) is 8.11. The third kappa shape index (κ3) is 2.59. The highest BCUT2D eigenvalue weighted by Gasteiger charge is 2.08. The Morgan fingerprint density at radius 2 is 1.82 bits per heavy atom. The molecule has 1 heterocycles. The number of nitrogens with one attached hydrogen (secondary N) is 1. The predicted octanol–water partition coefficient (Wildman–Crippen LogP) is 4.31. The van der Waals surface area contributed by atoms with Gasteiger partial charge < -0.3 is 5.32 Å². The number of benzene rings is 1. The first kappa shape index (κ1) is 12.3. The van der Waals surface area contributed by atoms with Crippen LogP contribution in [0, 0.1) is 13.8 Å². The third-order valence-corrected chi connectivity index (χ3v) is 4.60. The summed E-state index contributed by atoms with van der Waals surface area (Å²) in [5, 5.41) is 3.28. The fourth-order valence-corrected chi connectivity index (χ4v) is 2.84. The molecule has 0 aliphatic rings. The van der Waals surface area contributed by atoms with Crippen molar-refractivity contribution in [1.82, 2.24) is 5.32 Å². The van der Waals surface area contributed by atoms with Gasteiger partial charge in [-0.1, -0.05) is 18.2 Å². The molecule has 0 spiro atoms. The van der Waals surface area contributed by atoms with Crippen LogP contribution in [-0.4, -0.2) is 7.05 Å². The van der Waals surface area contributed by atoms with Crippen LogP contribution >= 0.6 is 11.3 Å². The second kappa shape index (κ2) is 5.03. The van der Waals surface area contributed by atoms with Crippen LogP contribution in [0.5, 0.6) is 0 Å². The largest absolute Gasteiger partial charge is 0.313 e. The van der Waals surface area contributed by atoms with Gasteiger partial charge in [0.25, 0.3) is 0 Å². The first-order valence-electron chi connectivity index (χ1n) is 5.96. The molecule has 0 saturated heterocycles. The molecule has 0 amide bonds.